The maximum atomic E-state index is 13.9. The van der Waals surface area contributed by atoms with Crippen molar-refractivity contribution in [1.82, 2.24) is 10.2 Å². The first-order chi connectivity index (χ1) is 20.1. The van der Waals surface area contributed by atoms with Crippen LogP contribution in [-0.4, -0.2) is 57.6 Å². The van der Waals surface area contributed by atoms with Crippen LogP contribution in [0.3, 0.4) is 0 Å². The second kappa shape index (κ2) is 16.3. The van der Waals surface area contributed by atoms with Crippen molar-refractivity contribution in [1.29, 1.82) is 0 Å². The molecule has 0 radical (unpaired) electrons. The fourth-order valence-electron chi connectivity index (χ4n) is 4.66. The molecule has 3 aromatic carbocycles. The Balaban J connectivity index is 1.87. The quantitative estimate of drug-likeness (QED) is 0.204. The highest BCUT2D eigenvalue weighted by Gasteiger charge is 2.30. The fourth-order valence-corrected chi connectivity index (χ4v) is 6.07. The SMILES string of the molecule is CCCCNC(=O)C(Cc1ccccc1)N(Cc1cccc(Br)c1)C(=O)CCCN(c1cccc(OC)c1)S(C)(=O)=O. The molecule has 3 rings (SSSR count). The van der Waals surface area contributed by atoms with E-state index in [1.54, 1.807) is 29.2 Å². The van der Waals surface area contributed by atoms with Crippen molar-refractivity contribution in [3.63, 3.8) is 0 Å². The smallest absolute Gasteiger partial charge is 0.243 e. The van der Waals surface area contributed by atoms with Gasteiger partial charge in [0.15, 0.2) is 0 Å². The van der Waals surface area contributed by atoms with Crippen LogP contribution in [0.2, 0.25) is 0 Å². The van der Waals surface area contributed by atoms with Gasteiger partial charge in [-0.25, -0.2) is 8.42 Å². The lowest BCUT2D eigenvalue weighted by Crippen LogP contribution is -2.50. The van der Waals surface area contributed by atoms with E-state index in [2.05, 4.69) is 28.2 Å². The van der Waals surface area contributed by atoms with E-state index in [4.69, 9.17) is 4.74 Å². The number of unbranched alkanes of at least 4 members (excludes halogenated alkanes) is 1. The van der Waals surface area contributed by atoms with Gasteiger partial charge >= 0.3 is 0 Å². The molecule has 0 fully saturated rings. The maximum absolute atomic E-state index is 13.9. The predicted octanol–water partition coefficient (Wildman–Crippen LogP) is 5.56. The highest BCUT2D eigenvalue weighted by Crippen LogP contribution is 2.24. The van der Waals surface area contributed by atoms with Gasteiger partial charge < -0.3 is 15.0 Å². The van der Waals surface area contributed by atoms with E-state index in [-0.39, 0.29) is 37.7 Å². The Kier molecular flexibility index (Phi) is 12.9. The summed E-state index contributed by atoms with van der Waals surface area (Å²) in [4.78, 5) is 29.1. The highest BCUT2D eigenvalue weighted by atomic mass is 79.9. The number of ether oxygens (including phenoxy) is 1. The minimum Gasteiger partial charge on any atom is -0.497 e. The van der Waals surface area contributed by atoms with E-state index in [1.807, 2.05) is 54.6 Å². The van der Waals surface area contributed by atoms with E-state index in [1.165, 1.54) is 11.4 Å². The largest absolute Gasteiger partial charge is 0.497 e. The van der Waals surface area contributed by atoms with Crippen molar-refractivity contribution < 1.29 is 22.7 Å². The van der Waals surface area contributed by atoms with E-state index >= 15 is 0 Å². The first kappa shape index (κ1) is 33.1. The number of carbonyl (C=O) groups is 2. The van der Waals surface area contributed by atoms with E-state index in [0.717, 1.165) is 34.7 Å². The molecule has 0 saturated heterocycles. The molecule has 0 spiro atoms. The van der Waals surface area contributed by atoms with E-state index in [9.17, 15) is 18.0 Å². The van der Waals surface area contributed by atoms with Crippen LogP contribution in [0.15, 0.2) is 83.3 Å². The summed E-state index contributed by atoms with van der Waals surface area (Å²) in [6, 6.07) is 23.4. The highest BCUT2D eigenvalue weighted by molar-refractivity contribution is 9.10. The molecule has 0 heterocycles. The van der Waals surface area contributed by atoms with Crippen LogP contribution in [-0.2, 0) is 32.6 Å². The Morgan fingerprint density at radius 2 is 1.67 bits per heavy atom. The molecule has 0 aliphatic carbocycles. The van der Waals surface area contributed by atoms with Crippen molar-refractivity contribution >= 4 is 43.5 Å². The number of hydrogen-bond donors (Lipinski definition) is 1. The van der Waals surface area contributed by atoms with Crippen LogP contribution in [0.25, 0.3) is 0 Å². The summed E-state index contributed by atoms with van der Waals surface area (Å²) in [6.07, 6.45) is 3.62. The number of hydrogen-bond acceptors (Lipinski definition) is 5. The number of amides is 2. The minimum atomic E-state index is -3.61. The summed E-state index contributed by atoms with van der Waals surface area (Å²) in [6.45, 7) is 2.93. The van der Waals surface area contributed by atoms with Gasteiger partial charge in [-0.1, -0.05) is 77.8 Å². The summed E-state index contributed by atoms with van der Waals surface area (Å²) in [7, 11) is -2.09. The lowest BCUT2D eigenvalue weighted by atomic mass is 10.0. The van der Waals surface area contributed by atoms with Gasteiger partial charge in [0.25, 0.3) is 0 Å². The van der Waals surface area contributed by atoms with Crippen LogP contribution < -0.4 is 14.4 Å². The molecule has 0 aliphatic rings. The molecule has 42 heavy (non-hydrogen) atoms. The summed E-state index contributed by atoms with van der Waals surface area (Å²) < 4.78 is 32.8. The summed E-state index contributed by atoms with van der Waals surface area (Å²) in [5, 5.41) is 3.02. The Labute approximate surface area is 258 Å². The van der Waals surface area contributed by atoms with Gasteiger partial charge in [0.05, 0.1) is 19.1 Å². The van der Waals surface area contributed by atoms with E-state index in [0.29, 0.717) is 24.4 Å². The molecule has 8 nitrogen and oxygen atoms in total. The summed E-state index contributed by atoms with van der Waals surface area (Å²) in [5.41, 5.74) is 2.29. The Morgan fingerprint density at radius 3 is 2.33 bits per heavy atom. The zero-order valence-corrected chi connectivity index (χ0v) is 26.9. The molecule has 10 heteroatoms. The molecule has 1 unspecified atom stereocenters. The topological polar surface area (TPSA) is 96.0 Å². The predicted molar refractivity (Wildman–Crippen MR) is 171 cm³/mol. The molecule has 2 amide bonds. The Morgan fingerprint density at radius 1 is 0.952 bits per heavy atom. The van der Waals surface area contributed by atoms with Gasteiger partial charge in [0.1, 0.15) is 11.8 Å². The lowest BCUT2D eigenvalue weighted by molar-refractivity contribution is -0.141. The minimum absolute atomic E-state index is 0.0670. The van der Waals surface area contributed by atoms with Gasteiger partial charge in [0.2, 0.25) is 21.8 Å². The number of nitrogens with one attached hydrogen (secondary N) is 1. The number of benzene rings is 3. The number of anilines is 1. The van der Waals surface area contributed by atoms with Crippen LogP contribution in [0, 0.1) is 0 Å². The van der Waals surface area contributed by atoms with Gasteiger partial charge in [-0.3, -0.25) is 13.9 Å². The first-order valence-electron chi connectivity index (χ1n) is 14.1. The average molecular weight is 659 g/mol. The Bertz CT molecular complexity index is 1420. The van der Waals surface area contributed by atoms with Gasteiger partial charge in [-0.15, -0.1) is 0 Å². The van der Waals surface area contributed by atoms with E-state index < -0.39 is 16.1 Å². The van der Waals surface area contributed by atoms with Gasteiger partial charge in [-0.2, -0.15) is 0 Å². The van der Waals surface area contributed by atoms with Crippen molar-refractivity contribution in [2.45, 2.75) is 51.6 Å². The standard InChI is InChI=1S/C32H40BrN3O5S/c1-4-5-19-34-32(38)30(22-25-12-7-6-8-13-25)35(24-26-14-9-15-27(33)21-26)31(37)18-11-20-36(42(3,39)40)28-16-10-17-29(23-28)41-2/h6-10,12-17,21,23,30H,4-5,11,18-20,22,24H2,1-3H3,(H,34,38). The van der Waals surface area contributed by atoms with Crippen LogP contribution in [0.5, 0.6) is 5.75 Å². The molecular weight excluding hydrogens is 618 g/mol. The third-order valence-electron chi connectivity index (χ3n) is 6.84. The number of halogens is 1. The molecular formula is C32H40BrN3O5S. The monoisotopic (exact) mass is 657 g/mol. The zero-order valence-electron chi connectivity index (χ0n) is 24.5. The molecule has 0 bridgehead atoms. The van der Waals surface area contributed by atoms with Crippen LogP contribution in [0.1, 0.15) is 43.7 Å². The van der Waals surface area contributed by atoms with Crippen LogP contribution >= 0.6 is 15.9 Å². The van der Waals surface area contributed by atoms with Crippen molar-refractivity contribution in [2.24, 2.45) is 0 Å². The van der Waals surface area contributed by atoms with Crippen molar-refractivity contribution in [3.8, 4) is 5.75 Å². The van der Waals surface area contributed by atoms with Crippen molar-refractivity contribution in [2.75, 3.05) is 30.8 Å². The third kappa shape index (κ3) is 10.2. The molecule has 226 valence electrons. The second-order valence-electron chi connectivity index (χ2n) is 10.1. The second-order valence-corrected chi connectivity index (χ2v) is 13.0. The number of methoxy groups -OCH3 is 1. The molecule has 3 aromatic rings. The number of rotatable bonds is 16. The number of carbonyl (C=O) groups excluding carboxylic acids is 2. The maximum Gasteiger partial charge on any atom is 0.243 e. The molecule has 1 atom stereocenters. The van der Waals surface area contributed by atoms with Crippen molar-refractivity contribution in [3.05, 3.63) is 94.5 Å². The van der Waals surface area contributed by atoms with Gasteiger partial charge in [-0.05, 0) is 48.2 Å². The molecule has 0 aromatic heterocycles. The average Bonchev–Trinajstić information content (AvgIpc) is 2.97. The van der Waals surface area contributed by atoms with Crippen LogP contribution in [0.4, 0.5) is 5.69 Å². The number of nitrogens with zero attached hydrogens (tertiary/aromatic N) is 2. The fraction of sp³-hybridized carbons (Fsp3) is 0.375. The number of sulfonamides is 1. The molecule has 1 N–H and O–H groups in total. The molecule has 0 saturated carbocycles. The first-order valence-corrected chi connectivity index (χ1v) is 16.7. The lowest BCUT2D eigenvalue weighted by Gasteiger charge is -2.32. The Hall–Kier alpha value is -3.37. The summed E-state index contributed by atoms with van der Waals surface area (Å²) in [5.74, 6) is 0.112. The van der Waals surface area contributed by atoms with Gasteiger partial charge in [0, 0.05) is 43.0 Å². The molecule has 0 aliphatic heterocycles. The summed E-state index contributed by atoms with van der Waals surface area (Å²) >= 11 is 3.51. The normalized spacial score (nSPS) is 11.9. The zero-order chi connectivity index (χ0) is 30.5. The third-order valence-corrected chi connectivity index (χ3v) is 8.52.